The van der Waals surface area contributed by atoms with E-state index in [1.807, 2.05) is 0 Å². The molecule has 0 aliphatic rings. The molecule has 0 aliphatic carbocycles. The van der Waals surface area contributed by atoms with E-state index in [-0.39, 0.29) is 0 Å². The summed E-state index contributed by atoms with van der Waals surface area (Å²) in [6.07, 6.45) is 13.4. The van der Waals surface area contributed by atoms with Crippen molar-refractivity contribution in [3.05, 3.63) is 24.3 Å². The molecule has 0 aliphatic heterocycles. The van der Waals surface area contributed by atoms with Crippen LogP contribution in [0.2, 0.25) is 0 Å². The van der Waals surface area contributed by atoms with Crippen LogP contribution in [0.5, 0.6) is 0 Å². The van der Waals surface area contributed by atoms with E-state index in [0.717, 1.165) is 0 Å². The second-order valence-corrected chi connectivity index (χ2v) is 8.13. The molecular formula is C24H44N2. The monoisotopic (exact) mass is 360 g/mol. The molecule has 0 radical (unpaired) electrons. The van der Waals surface area contributed by atoms with Gasteiger partial charge in [-0.1, -0.05) is 65.2 Å². The summed E-state index contributed by atoms with van der Waals surface area (Å²) in [5.74, 6) is 0. The molecule has 0 spiro atoms. The molecule has 0 N–H and O–H groups in total. The smallest absolute Gasteiger partial charge is 0.0367 e. The number of benzene rings is 1. The number of rotatable bonds is 14. The minimum Gasteiger partial charge on any atom is -0.372 e. The van der Waals surface area contributed by atoms with Crippen molar-refractivity contribution < 1.29 is 0 Å². The molecule has 2 nitrogen and oxygen atoms in total. The fraction of sp³-hybridized carbons (Fsp3) is 0.750. The first-order chi connectivity index (χ1) is 12.5. The van der Waals surface area contributed by atoms with Gasteiger partial charge < -0.3 is 9.80 Å². The molecule has 2 atom stereocenters. The van der Waals surface area contributed by atoms with Crippen molar-refractivity contribution in [2.24, 2.45) is 0 Å². The highest BCUT2D eigenvalue weighted by atomic mass is 15.1. The fourth-order valence-corrected chi connectivity index (χ4v) is 3.55. The zero-order valence-electron chi connectivity index (χ0n) is 18.4. The number of hydrogen-bond acceptors (Lipinski definition) is 2. The van der Waals surface area contributed by atoms with E-state index in [1.54, 1.807) is 0 Å². The maximum absolute atomic E-state index is 2.43. The Morgan fingerprint density at radius 3 is 1.27 bits per heavy atom. The molecule has 0 saturated carbocycles. The van der Waals surface area contributed by atoms with Crippen molar-refractivity contribution in [3.8, 4) is 0 Å². The van der Waals surface area contributed by atoms with Crippen LogP contribution in [0, 0.1) is 0 Å². The van der Waals surface area contributed by atoms with Gasteiger partial charge in [0.1, 0.15) is 0 Å². The molecule has 2 unspecified atom stereocenters. The van der Waals surface area contributed by atoms with Crippen molar-refractivity contribution >= 4 is 11.4 Å². The van der Waals surface area contributed by atoms with E-state index < -0.39 is 0 Å². The van der Waals surface area contributed by atoms with Crippen LogP contribution in [0.4, 0.5) is 11.4 Å². The Morgan fingerprint density at radius 2 is 0.962 bits per heavy atom. The third kappa shape index (κ3) is 8.01. The normalized spacial score (nSPS) is 13.5. The van der Waals surface area contributed by atoms with Crippen LogP contribution in [0.1, 0.15) is 91.9 Å². The molecule has 0 aromatic heterocycles. The Labute approximate surface area is 164 Å². The molecular weight excluding hydrogens is 316 g/mol. The zero-order chi connectivity index (χ0) is 19.4. The number of anilines is 2. The van der Waals surface area contributed by atoms with Crippen molar-refractivity contribution in [3.63, 3.8) is 0 Å². The largest absolute Gasteiger partial charge is 0.372 e. The van der Waals surface area contributed by atoms with Gasteiger partial charge in [0.05, 0.1) is 0 Å². The van der Waals surface area contributed by atoms with Gasteiger partial charge in [-0.25, -0.2) is 0 Å². The Bertz CT molecular complexity index is 411. The second-order valence-electron chi connectivity index (χ2n) is 8.13. The lowest BCUT2D eigenvalue weighted by atomic mass is 10.1. The van der Waals surface area contributed by atoms with Crippen LogP contribution in [0.15, 0.2) is 24.3 Å². The molecule has 1 aromatic rings. The fourth-order valence-electron chi connectivity index (χ4n) is 3.55. The predicted molar refractivity (Wildman–Crippen MR) is 120 cm³/mol. The summed E-state index contributed by atoms with van der Waals surface area (Å²) >= 11 is 0. The lowest BCUT2D eigenvalue weighted by molar-refractivity contribution is 0.555. The number of nitrogens with zero attached hydrogens (tertiary/aromatic N) is 2. The van der Waals surface area contributed by atoms with E-state index >= 15 is 0 Å². The standard InChI is InChI=1S/C24H44N2/c1-7-9-11-13-15-21(3)25(5)23-17-19-24(20-18-23)26(6)22(4)16-14-12-10-8-2/h17-22H,7-16H2,1-6H3. The average Bonchev–Trinajstić information content (AvgIpc) is 2.67. The van der Waals surface area contributed by atoms with Gasteiger partial charge in [0.25, 0.3) is 0 Å². The summed E-state index contributed by atoms with van der Waals surface area (Å²) in [4.78, 5) is 4.87. The maximum Gasteiger partial charge on any atom is 0.0367 e. The molecule has 1 aromatic carbocycles. The molecule has 2 heteroatoms. The van der Waals surface area contributed by atoms with Crippen LogP contribution in [-0.2, 0) is 0 Å². The lowest BCUT2D eigenvalue weighted by Crippen LogP contribution is -2.30. The molecule has 0 heterocycles. The minimum atomic E-state index is 0.605. The summed E-state index contributed by atoms with van der Waals surface area (Å²) in [5.41, 5.74) is 2.67. The topological polar surface area (TPSA) is 6.48 Å². The van der Waals surface area contributed by atoms with Gasteiger partial charge >= 0.3 is 0 Å². The predicted octanol–water partition coefficient (Wildman–Crippen LogP) is 7.28. The first kappa shape index (κ1) is 22.9. The Hall–Kier alpha value is -1.18. The maximum atomic E-state index is 2.43. The van der Waals surface area contributed by atoms with Crippen LogP contribution in [0.25, 0.3) is 0 Å². The highest BCUT2D eigenvalue weighted by Gasteiger charge is 2.12. The summed E-state index contributed by atoms with van der Waals surface area (Å²) in [6, 6.07) is 10.4. The Kier molecular flexibility index (Phi) is 11.5. The number of unbranched alkanes of at least 4 members (excludes halogenated alkanes) is 6. The molecule has 0 amide bonds. The van der Waals surface area contributed by atoms with Gasteiger partial charge in [0.15, 0.2) is 0 Å². The van der Waals surface area contributed by atoms with Crippen molar-refractivity contribution in [1.82, 2.24) is 0 Å². The second kappa shape index (κ2) is 13.1. The SMILES string of the molecule is CCCCCCC(C)N(C)c1ccc(N(C)C(C)CCCCCC)cc1. The summed E-state index contributed by atoms with van der Waals surface area (Å²) in [7, 11) is 4.47. The Balaban J connectivity index is 2.50. The van der Waals surface area contributed by atoms with Crippen LogP contribution >= 0.6 is 0 Å². The van der Waals surface area contributed by atoms with Crippen LogP contribution in [-0.4, -0.2) is 26.2 Å². The van der Waals surface area contributed by atoms with Crippen molar-refractivity contribution in [2.45, 2.75) is 104 Å². The third-order valence-electron chi connectivity index (χ3n) is 5.94. The lowest BCUT2D eigenvalue weighted by Gasteiger charge is -2.30. The van der Waals surface area contributed by atoms with E-state index in [0.29, 0.717) is 12.1 Å². The van der Waals surface area contributed by atoms with Gasteiger partial charge in [-0.3, -0.25) is 0 Å². The molecule has 1 rings (SSSR count). The highest BCUT2D eigenvalue weighted by Crippen LogP contribution is 2.24. The molecule has 0 fully saturated rings. The Morgan fingerprint density at radius 1 is 0.615 bits per heavy atom. The third-order valence-corrected chi connectivity index (χ3v) is 5.94. The molecule has 0 bridgehead atoms. The van der Waals surface area contributed by atoms with E-state index in [9.17, 15) is 0 Å². The van der Waals surface area contributed by atoms with Crippen LogP contribution < -0.4 is 9.80 Å². The van der Waals surface area contributed by atoms with Gasteiger partial charge in [-0.15, -0.1) is 0 Å². The van der Waals surface area contributed by atoms with Crippen molar-refractivity contribution in [1.29, 1.82) is 0 Å². The van der Waals surface area contributed by atoms with E-state index in [1.165, 1.54) is 75.6 Å². The molecule has 26 heavy (non-hydrogen) atoms. The quantitative estimate of drug-likeness (QED) is 0.322. The average molecular weight is 361 g/mol. The summed E-state index contributed by atoms with van der Waals surface area (Å²) in [6.45, 7) is 9.26. The number of hydrogen-bond donors (Lipinski definition) is 0. The van der Waals surface area contributed by atoms with Crippen molar-refractivity contribution in [2.75, 3.05) is 23.9 Å². The molecule has 0 saturated heterocycles. The van der Waals surface area contributed by atoms with Gasteiger partial charge in [-0.2, -0.15) is 0 Å². The van der Waals surface area contributed by atoms with Gasteiger partial charge in [-0.05, 0) is 51.0 Å². The summed E-state index contributed by atoms with van der Waals surface area (Å²) < 4.78 is 0. The molecule has 150 valence electrons. The zero-order valence-corrected chi connectivity index (χ0v) is 18.4. The van der Waals surface area contributed by atoms with Gasteiger partial charge in [0, 0.05) is 37.6 Å². The van der Waals surface area contributed by atoms with E-state index in [2.05, 4.69) is 75.9 Å². The first-order valence-corrected chi connectivity index (χ1v) is 11.1. The minimum absolute atomic E-state index is 0.605. The van der Waals surface area contributed by atoms with Gasteiger partial charge in [0.2, 0.25) is 0 Å². The summed E-state index contributed by atoms with van der Waals surface area (Å²) in [5, 5.41) is 0. The van der Waals surface area contributed by atoms with Crippen LogP contribution in [0.3, 0.4) is 0 Å². The first-order valence-electron chi connectivity index (χ1n) is 11.1. The van der Waals surface area contributed by atoms with E-state index in [4.69, 9.17) is 0 Å². The highest BCUT2D eigenvalue weighted by molar-refractivity contribution is 5.56.